The summed E-state index contributed by atoms with van der Waals surface area (Å²) in [6, 6.07) is 10.9. The SMILES string of the molecule is CCNC(=NCc1ccnc(N2CCCCC2)c1)NCCc1cccc(F)c1.I. The molecule has 0 bridgehead atoms. The highest BCUT2D eigenvalue weighted by molar-refractivity contribution is 14.0. The summed E-state index contributed by atoms with van der Waals surface area (Å²) in [5, 5.41) is 6.59. The van der Waals surface area contributed by atoms with Crippen molar-refractivity contribution in [1.82, 2.24) is 15.6 Å². The normalized spacial score (nSPS) is 14.3. The van der Waals surface area contributed by atoms with Gasteiger partial charge in [0.15, 0.2) is 5.96 Å². The molecule has 0 aliphatic carbocycles. The van der Waals surface area contributed by atoms with Crippen LogP contribution in [0, 0.1) is 5.82 Å². The summed E-state index contributed by atoms with van der Waals surface area (Å²) in [6.07, 6.45) is 6.41. The van der Waals surface area contributed by atoms with Crippen LogP contribution in [0.1, 0.15) is 37.3 Å². The second kappa shape index (κ2) is 12.6. The average Bonchev–Trinajstić information content (AvgIpc) is 2.73. The molecule has 1 saturated heterocycles. The lowest BCUT2D eigenvalue weighted by Crippen LogP contribution is -2.38. The van der Waals surface area contributed by atoms with Gasteiger partial charge in [0.1, 0.15) is 11.6 Å². The molecule has 0 radical (unpaired) electrons. The number of aliphatic imine (C=N–C) groups is 1. The van der Waals surface area contributed by atoms with Gasteiger partial charge in [-0.1, -0.05) is 12.1 Å². The molecule has 158 valence electrons. The van der Waals surface area contributed by atoms with Crippen molar-refractivity contribution in [1.29, 1.82) is 0 Å². The third kappa shape index (κ3) is 7.79. The van der Waals surface area contributed by atoms with Crippen LogP contribution in [-0.2, 0) is 13.0 Å². The zero-order chi connectivity index (χ0) is 19.6. The lowest BCUT2D eigenvalue weighted by Gasteiger charge is -2.27. The fraction of sp³-hybridized carbons (Fsp3) is 0.455. The fourth-order valence-corrected chi connectivity index (χ4v) is 3.38. The maximum atomic E-state index is 13.3. The van der Waals surface area contributed by atoms with Crippen LogP contribution in [-0.4, -0.2) is 37.1 Å². The summed E-state index contributed by atoms with van der Waals surface area (Å²) >= 11 is 0. The Labute approximate surface area is 190 Å². The number of pyridine rings is 1. The number of guanidine groups is 1. The van der Waals surface area contributed by atoms with Crippen LogP contribution < -0.4 is 15.5 Å². The maximum absolute atomic E-state index is 13.3. The van der Waals surface area contributed by atoms with Gasteiger partial charge in [0, 0.05) is 32.4 Å². The molecule has 7 heteroatoms. The van der Waals surface area contributed by atoms with E-state index in [-0.39, 0.29) is 29.8 Å². The first-order valence-electron chi connectivity index (χ1n) is 10.2. The van der Waals surface area contributed by atoms with E-state index >= 15 is 0 Å². The molecule has 2 aromatic rings. The van der Waals surface area contributed by atoms with Crippen LogP contribution in [0.2, 0.25) is 0 Å². The van der Waals surface area contributed by atoms with Crippen molar-refractivity contribution in [3.05, 3.63) is 59.5 Å². The molecule has 1 aliphatic heterocycles. The number of hydrogen-bond acceptors (Lipinski definition) is 3. The number of benzene rings is 1. The van der Waals surface area contributed by atoms with E-state index in [2.05, 4.69) is 26.6 Å². The first-order valence-corrected chi connectivity index (χ1v) is 10.2. The van der Waals surface area contributed by atoms with Crippen LogP contribution >= 0.6 is 24.0 Å². The average molecular weight is 511 g/mol. The molecule has 3 rings (SSSR count). The van der Waals surface area contributed by atoms with E-state index in [4.69, 9.17) is 4.99 Å². The second-order valence-electron chi connectivity index (χ2n) is 7.07. The van der Waals surface area contributed by atoms with Gasteiger partial charge in [-0.15, -0.1) is 24.0 Å². The van der Waals surface area contributed by atoms with E-state index in [1.165, 1.54) is 25.3 Å². The summed E-state index contributed by atoms with van der Waals surface area (Å²) in [5.74, 6) is 1.63. The molecule has 5 nitrogen and oxygen atoms in total. The summed E-state index contributed by atoms with van der Waals surface area (Å²) in [7, 11) is 0. The predicted molar refractivity (Wildman–Crippen MR) is 129 cm³/mol. The summed E-state index contributed by atoms with van der Waals surface area (Å²) < 4.78 is 13.3. The van der Waals surface area contributed by atoms with Crippen molar-refractivity contribution in [3.63, 3.8) is 0 Å². The molecule has 1 aromatic heterocycles. The van der Waals surface area contributed by atoms with Crippen LogP contribution in [0.25, 0.3) is 0 Å². The van der Waals surface area contributed by atoms with Gasteiger partial charge in [0.05, 0.1) is 6.54 Å². The smallest absolute Gasteiger partial charge is 0.191 e. The topological polar surface area (TPSA) is 52.6 Å². The van der Waals surface area contributed by atoms with Gasteiger partial charge in [-0.3, -0.25) is 0 Å². The predicted octanol–water partition coefficient (Wildman–Crippen LogP) is 4.13. The van der Waals surface area contributed by atoms with E-state index in [1.54, 1.807) is 12.1 Å². The molecule has 0 amide bonds. The van der Waals surface area contributed by atoms with E-state index in [0.717, 1.165) is 49.0 Å². The van der Waals surface area contributed by atoms with Gasteiger partial charge >= 0.3 is 0 Å². The Morgan fingerprint density at radius 1 is 1.10 bits per heavy atom. The minimum absolute atomic E-state index is 0. The van der Waals surface area contributed by atoms with Crippen molar-refractivity contribution >= 4 is 35.8 Å². The number of rotatable bonds is 7. The number of nitrogens with zero attached hydrogens (tertiary/aromatic N) is 3. The monoisotopic (exact) mass is 511 g/mol. The standard InChI is InChI=1S/C22H30FN5.HI/c1-2-24-22(26-12-9-18-7-6-8-20(23)15-18)27-17-19-10-11-25-21(16-19)28-13-4-3-5-14-28;/h6-8,10-11,15-16H,2-5,9,12-14,17H2,1H3,(H2,24,26,27);1H. The lowest BCUT2D eigenvalue weighted by atomic mass is 10.1. The van der Waals surface area contributed by atoms with Crippen LogP contribution in [0.4, 0.5) is 10.2 Å². The number of halogens is 2. The zero-order valence-electron chi connectivity index (χ0n) is 17.0. The summed E-state index contributed by atoms with van der Waals surface area (Å²) in [5.41, 5.74) is 2.13. The fourth-order valence-electron chi connectivity index (χ4n) is 3.38. The van der Waals surface area contributed by atoms with Crippen LogP contribution in [0.3, 0.4) is 0 Å². The Hall–Kier alpha value is -1.90. The van der Waals surface area contributed by atoms with Crippen molar-refractivity contribution in [2.75, 3.05) is 31.1 Å². The lowest BCUT2D eigenvalue weighted by molar-refractivity contribution is 0.573. The Morgan fingerprint density at radius 2 is 1.93 bits per heavy atom. The molecular weight excluding hydrogens is 480 g/mol. The molecule has 0 spiro atoms. The maximum Gasteiger partial charge on any atom is 0.191 e. The van der Waals surface area contributed by atoms with Crippen LogP contribution in [0.15, 0.2) is 47.6 Å². The zero-order valence-corrected chi connectivity index (χ0v) is 19.4. The number of hydrogen-bond donors (Lipinski definition) is 2. The Balaban J connectivity index is 0.00000300. The van der Waals surface area contributed by atoms with E-state index < -0.39 is 0 Å². The Morgan fingerprint density at radius 3 is 2.69 bits per heavy atom. The number of piperidine rings is 1. The minimum Gasteiger partial charge on any atom is -0.357 e. The third-order valence-electron chi connectivity index (χ3n) is 4.85. The minimum atomic E-state index is -0.194. The molecule has 1 fully saturated rings. The van der Waals surface area contributed by atoms with Gasteiger partial charge < -0.3 is 15.5 Å². The van der Waals surface area contributed by atoms with Crippen molar-refractivity contribution < 1.29 is 4.39 Å². The third-order valence-corrected chi connectivity index (χ3v) is 4.85. The quantitative estimate of drug-likeness (QED) is 0.334. The molecule has 0 unspecified atom stereocenters. The summed E-state index contributed by atoms with van der Waals surface area (Å²) in [6.45, 7) is 6.31. The van der Waals surface area contributed by atoms with Gasteiger partial charge in [0.25, 0.3) is 0 Å². The second-order valence-corrected chi connectivity index (χ2v) is 7.07. The molecule has 1 aromatic carbocycles. The first-order chi connectivity index (χ1) is 13.7. The highest BCUT2D eigenvalue weighted by atomic mass is 127. The largest absolute Gasteiger partial charge is 0.357 e. The molecule has 1 aliphatic rings. The Kier molecular flexibility index (Phi) is 10.2. The molecular formula is C22H31FIN5. The molecule has 0 saturated carbocycles. The number of anilines is 1. The molecule has 2 N–H and O–H groups in total. The van der Waals surface area contributed by atoms with E-state index in [0.29, 0.717) is 13.1 Å². The number of aromatic nitrogens is 1. The highest BCUT2D eigenvalue weighted by Crippen LogP contribution is 2.18. The molecule has 29 heavy (non-hydrogen) atoms. The first kappa shape index (κ1) is 23.4. The van der Waals surface area contributed by atoms with Crippen molar-refractivity contribution in [3.8, 4) is 0 Å². The van der Waals surface area contributed by atoms with Crippen molar-refractivity contribution in [2.24, 2.45) is 4.99 Å². The van der Waals surface area contributed by atoms with Gasteiger partial charge in [-0.05, 0) is 68.0 Å². The van der Waals surface area contributed by atoms with Crippen molar-refractivity contribution in [2.45, 2.75) is 39.2 Å². The van der Waals surface area contributed by atoms with E-state index in [1.807, 2.05) is 25.3 Å². The van der Waals surface area contributed by atoms with Gasteiger partial charge in [-0.25, -0.2) is 14.4 Å². The van der Waals surface area contributed by atoms with E-state index in [9.17, 15) is 4.39 Å². The molecule has 2 heterocycles. The van der Waals surface area contributed by atoms with Crippen LogP contribution in [0.5, 0.6) is 0 Å². The Bertz CT molecular complexity index is 777. The van der Waals surface area contributed by atoms with Gasteiger partial charge in [-0.2, -0.15) is 0 Å². The van der Waals surface area contributed by atoms with Gasteiger partial charge in [0.2, 0.25) is 0 Å². The summed E-state index contributed by atoms with van der Waals surface area (Å²) in [4.78, 5) is 11.6. The highest BCUT2D eigenvalue weighted by Gasteiger charge is 2.12. The number of nitrogens with one attached hydrogen (secondary N) is 2. The molecule has 0 atom stereocenters.